The van der Waals surface area contributed by atoms with E-state index >= 15 is 0 Å². The van der Waals surface area contributed by atoms with Crippen molar-refractivity contribution >= 4 is 11.8 Å². The van der Waals surface area contributed by atoms with Crippen molar-refractivity contribution in [1.29, 1.82) is 5.26 Å². The molecule has 1 aliphatic rings. The molecule has 0 aromatic heterocycles. The second kappa shape index (κ2) is 5.54. The molecule has 0 spiro atoms. The molecule has 0 amide bonds. The lowest BCUT2D eigenvalue weighted by Crippen LogP contribution is -2.52. The lowest BCUT2D eigenvalue weighted by atomic mass is 9.96. The minimum absolute atomic E-state index is 0.0909. The molecular weight excluding hydrogens is 236 g/mol. The maximum absolute atomic E-state index is 11.5. The van der Waals surface area contributed by atoms with Crippen LogP contribution in [0.15, 0.2) is 41.7 Å². The molecule has 0 aromatic carbocycles. The van der Waals surface area contributed by atoms with E-state index in [9.17, 15) is 4.79 Å². The van der Waals surface area contributed by atoms with Crippen LogP contribution < -0.4 is 11.1 Å². The topological polar surface area (TPSA) is 121 Å². The average Bonchev–Trinajstić information content (AvgIpc) is 2.43. The van der Waals surface area contributed by atoms with Crippen molar-refractivity contribution in [2.75, 3.05) is 6.61 Å². The molecule has 0 fully saturated rings. The van der Waals surface area contributed by atoms with Crippen molar-refractivity contribution in [2.45, 2.75) is 5.54 Å². The Hall–Kier alpha value is -2.75. The number of hydrogen-bond donors (Lipinski definition) is 3. The summed E-state index contributed by atoms with van der Waals surface area (Å²) in [6.07, 6.45) is 5.39. The molecule has 1 unspecified atom stereocenters. The standard InChI is InChI=1S/C11H12N4O3/c1-2-5-18-9(16)8-3-4-11(7-12,14-6-8)10(13)15-17/h2-4,6,14,17H,1,5H2,(H2,13,15). The molecule has 0 aromatic rings. The first-order chi connectivity index (χ1) is 8.59. The molecule has 0 bridgehead atoms. The van der Waals surface area contributed by atoms with Crippen molar-refractivity contribution in [3.8, 4) is 6.07 Å². The Morgan fingerprint density at radius 1 is 1.83 bits per heavy atom. The number of rotatable bonds is 4. The molecule has 0 aliphatic carbocycles. The highest BCUT2D eigenvalue weighted by Crippen LogP contribution is 2.15. The van der Waals surface area contributed by atoms with E-state index in [-0.39, 0.29) is 18.0 Å². The fourth-order valence-corrected chi connectivity index (χ4v) is 1.21. The van der Waals surface area contributed by atoms with Gasteiger partial charge in [-0.3, -0.25) is 0 Å². The zero-order valence-corrected chi connectivity index (χ0v) is 9.46. The number of hydrogen-bond acceptors (Lipinski definition) is 6. The van der Waals surface area contributed by atoms with Crippen molar-refractivity contribution in [3.05, 3.63) is 36.6 Å². The zero-order chi connectivity index (χ0) is 13.6. The van der Waals surface area contributed by atoms with Gasteiger partial charge in [0.25, 0.3) is 0 Å². The number of nitrogens with two attached hydrogens (primary N) is 1. The molecule has 7 heteroatoms. The minimum Gasteiger partial charge on any atom is -0.458 e. The van der Waals surface area contributed by atoms with E-state index in [0.717, 1.165) is 0 Å². The summed E-state index contributed by atoms with van der Waals surface area (Å²) in [5, 5.41) is 23.0. The largest absolute Gasteiger partial charge is 0.458 e. The quantitative estimate of drug-likeness (QED) is 0.158. The third-order valence-electron chi connectivity index (χ3n) is 2.22. The fraction of sp³-hybridized carbons (Fsp3) is 0.182. The molecule has 1 heterocycles. The molecule has 7 nitrogen and oxygen atoms in total. The van der Waals surface area contributed by atoms with Crippen LogP contribution in [0, 0.1) is 11.3 Å². The highest BCUT2D eigenvalue weighted by Gasteiger charge is 2.34. The summed E-state index contributed by atoms with van der Waals surface area (Å²) in [6.45, 7) is 3.51. The number of carbonyl (C=O) groups is 1. The van der Waals surface area contributed by atoms with Crippen LogP contribution in [0.2, 0.25) is 0 Å². The van der Waals surface area contributed by atoms with Gasteiger partial charge in [0.05, 0.1) is 5.57 Å². The first kappa shape index (κ1) is 13.3. The molecular formula is C11H12N4O3. The Bertz CT molecular complexity index is 487. The van der Waals surface area contributed by atoms with Gasteiger partial charge in [-0.1, -0.05) is 17.8 Å². The maximum Gasteiger partial charge on any atom is 0.339 e. The molecule has 94 valence electrons. The summed E-state index contributed by atoms with van der Waals surface area (Å²) < 4.78 is 4.81. The Balaban J connectivity index is 2.84. The van der Waals surface area contributed by atoms with Crippen LogP contribution in [0.4, 0.5) is 0 Å². The molecule has 0 radical (unpaired) electrons. The molecule has 0 saturated heterocycles. The van der Waals surface area contributed by atoms with E-state index in [1.165, 1.54) is 24.4 Å². The second-order valence-electron chi connectivity index (χ2n) is 3.37. The van der Waals surface area contributed by atoms with E-state index in [1.807, 2.05) is 6.07 Å². The number of carbonyl (C=O) groups excluding carboxylic acids is 1. The third-order valence-corrected chi connectivity index (χ3v) is 2.22. The van der Waals surface area contributed by atoms with Crippen LogP contribution >= 0.6 is 0 Å². The summed E-state index contributed by atoms with van der Waals surface area (Å²) in [5.41, 5.74) is 4.15. The van der Waals surface area contributed by atoms with E-state index in [0.29, 0.717) is 0 Å². The first-order valence-corrected chi connectivity index (χ1v) is 4.94. The monoisotopic (exact) mass is 248 g/mol. The van der Waals surface area contributed by atoms with Gasteiger partial charge in [-0.25, -0.2) is 4.79 Å². The second-order valence-corrected chi connectivity index (χ2v) is 3.37. The Kier molecular flexibility index (Phi) is 4.10. The van der Waals surface area contributed by atoms with Crippen molar-refractivity contribution in [3.63, 3.8) is 0 Å². The highest BCUT2D eigenvalue weighted by molar-refractivity contribution is 5.98. The van der Waals surface area contributed by atoms with Crippen molar-refractivity contribution < 1.29 is 14.7 Å². The van der Waals surface area contributed by atoms with E-state index in [1.54, 1.807) is 0 Å². The lowest BCUT2D eigenvalue weighted by Gasteiger charge is -2.24. The molecule has 0 saturated carbocycles. The predicted molar refractivity (Wildman–Crippen MR) is 63.3 cm³/mol. The number of ether oxygens (including phenoxy) is 1. The number of esters is 1. The molecule has 4 N–H and O–H groups in total. The van der Waals surface area contributed by atoms with Crippen LogP contribution in [0.1, 0.15) is 0 Å². The van der Waals surface area contributed by atoms with E-state index in [2.05, 4.69) is 17.1 Å². The van der Waals surface area contributed by atoms with Gasteiger partial charge in [0, 0.05) is 6.20 Å². The van der Waals surface area contributed by atoms with Gasteiger partial charge in [-0.05, 0) is 12.2 Å². The van der Waals surface area contributed by atoms with Gasteiger partial charge in [0.15, 0.2) is 5.84 Å². The van der Waals surface area contributed by atoms with E-state index in [4.69, 9.17) is 20.9 Å². The number of oxime groups is 1. The lowest BCUT2D eigenvalue weighted by molar-refractivity contribution is -0.137. The number of nitrogens with zero attached hydrogens (tertiary/aromatic N) is 2. The van der Waals surface area contributed by atoms with Gasteiger partial charge in [0.2, 0.25) is 5.54 Å². The SMILES string of the molecule is C=CCOC(=O)C1=CNC(C#N)(/C(N)=N/O)C=C1. The van der Waals surface area contributed by atoms with Gasteiger partial charge >= 0.3 is 5.97 Å². The van der Waals surface area contributed by atoms with Crippen LogP contribution in [-0.4, -0.2) is 29.2 Å². The summed E-state index contributed by atoms with van der Waals surface area (Å²) >= 11 is 0. The molecule has 1 atom stereocenters. The van der Waals surface area contributed by atoms with Crippen molar-refractivity contribution in [2.24, 2.45) is 10.9 Å². The minimum atomic E-state index is -1.46. The predicted octanol–water partition coefficient (Wildman–Crippen LogP) is -0.232. The van der Waals surface area contributed by atoms with Gasteiger partial charge in [-0.15, -0.1) is 0 Å². The normalized spacial score (nSPS) is 22.4. The molecule has 1 aliphatic heterocycles. The number of dihydropyridines is 1. The summed E-state index contributed by atoms with van der Waals surface area (Å²) in [6, 6.07) is 1.84. The Morgan fingerprint density at radius 3 is 3.00 bits per heavy atom. The number of nitrogens with one attached hydrogen (secondary N) is 1. The van der Waals surface area contributed by atoms with Crippen molar-refractivity contribution in [1.82, 2.24) is 5.32 Å². The maximum atomic E-state index is 11.5. The summed E-state index contributed by atoms with van der Waals surface area (Å²) in [7, 11) is 0. The molecule has 18 heavy (non-hydrogen) atoms. The smallest absolute Gasteiger partial charge is 0.339 e. The van der Waals surface area contributed by atoms with Crippen LogP contribution in [0.25, 0.3) is 0 Å². The Labute approximate surface area is 104 Å². The van der Waals surface area contributed by atoms with Crippen LogP contribution in [0.5, 0.6) is 0 Å². The average molecular weight is 248 g/mol. The van der Waals surface area contributed by atoms with E-state index < -0.39 is 11.5 Å². The van der Waals surface area contributed by atoms with Gasteiger partial charge in [0.1, 0.15) is 12.7 Å². The highest BCUT2D eigenvalue weighted by atomic mass is 16.5. The number of amidine groups is 1. The summed E-state index contributed by atoms with van der Waals surface area (Å²) in [4.78, 5) is 11.5. The van der Waals surface area contributed by atoms with Gasteiger partial charge < -0.3 is 21.0 Å². The first-order valence-electron chi connectivity index (χ1n) is 4.94. The Morgan fingerprint density at radius 2 is 2.56 bits per heavy atom. The van der Waals surface area contributed by atoms with Crippen LogP contribution in [-0.2, 0) is 9.53 Å². The van der Waals surface area contributed by atoms with Crippen LogP contribution in [0.3, 0.4) is 0 Å². The fourth-order valence-electron chi connectivity index (χ4n) is 1.21. The number of nitriles is 1. The third kappa shape index (κ3) is 2.49. The van der Waals surface area contributed by atoms with Gasteiger partial charge in [-0.2, -0.15) is 5.26 Å². The zero-order valence-electron chi connectivity index (χ0n) is 9.46. The molecule has 1 rings (SSSR count). The summed E-state index contributed by atoms with van der Waals surface area (Å²) in [5.74, 6) is -0.888.